The smallest absolute Gasteiger partial charge is 0.328 e. The highest BCUT2D eigenvalue weighted by Gasteiger charge is 2.28. The number of hydrogen-bond donors (Lipinski definition) is 3. The van der Waals surface area contributed by atoms with Crippen LogP contribution in [0.4, 0.5) is 10.5 Å². The van der Waals surface area contributed by atoms with Gasteiger partial charge in [-0.05, 0) is 77.4 Å². The molecule has 1 aliphatic rings. The quantitative estimate of drug-likeness (QED) is 0.290. The molecule has 0 aromatic heterocycles. The van der Waals surface area contributed by atoms with Crippen LogP contribution in [-0.2, 0) is 14.4 Å². The number of rotatable bonds is 6. The van der Waals surface area contributed by atoms with E-state index in [9.17, 15) is 19.2 Å². The van der Waals surface area contributed by atoms with E-state index in [1.54, 1.807) is 12.1 Å². The normalized spacial score (nSPS) is 13.2. The van der Waals surface area contributed by atoms with E-state index in [0.717, 1.165) is 11.1 Å². The zero-order valence-electron chi connectivity index (χ0n) is 17.5. The van der Waals surface area contributed by atoms with Gasteiger partial charge < -0.3 is 14.8 Å². The maximum absolute atomic E-state index is 12.4. The van der Waals surface area contributed by atoms with Crippen LogP contribution in [0.3, 0.4) is 0 Å². The molecule has 9 nitrogen and oxygen atoms in total. The van der Waals surface area contributed by atoms with Crippen LogP contribution in [0.15, 0.2) is 35.9 Å². The number of urea groups is 1. The molecule has 0 bridgehead atoms. The lowest BCUT2D eigenvalue weighted by Gasteiger charge is -2.16. The first-order valence-electron chi connectivity index (χ1n) is 9.43. The number of carbonyl (C=O) groups excluding carboxylic acids is 4. The van der Waals surface area contributed by atoms with Crippen LogP contribution in [0, 0.1) is 17.4 Å². The largest absolute Gasteiger partial charge is 0.493 e. The second kappa shape index (κ2) is 9.81. The third kappa shape index (κ3) is 5.44. The topological polar surface area (TPSA) is 123 Å². The predicted octanol–water partition coefficient (Wildman–Crippen LogP) is 2.68. The molecule has 0 aliphatic carbocycles. The van der Waals surface area contributed by atoms with Crippen molar-refractivity contribution in [3.8, 4) is 11.5 Å². The van der Waals surface area contributed by atoms with Crippen LogP contribution in [0.1, 0.15) is 16.7 Å². The van der Waals surface area contributed by atoms with Crippen molar-refractivity contribution < 1.29 is 28.7 Å². The third-order valence-electron chi connectivity index (χ3n) is 4.52. The molecule has 1 aliphatic heterocycles. The minimum absolute atomic E-state index is 0.218. The molecule has 0 unspecified atom stereocenters. The average molecular weight is 549 g/mol. The molecule has 0 spiro atoms. The number of anilines is 1. The van der Waals surface area contributed by atoms with E-state index in [1.165, 1.54) is 13.2 Å². The number of amides is 5. The molecule has 0 saturated carbocycles. The summed E-state index contributed by atoms with van der Waals surface area (Å²) in [5.41, 5.74) is 2.94. The lowest BCUT2D eigenvalue weighted by molar-refractivity contribution is -0.124. The Balaban J connectivity index is 1.77. The molecule has 1 saturated heterocycles. The first-order chi connectivity index (χ1) is 15.2. The second-order valence-electron chi connectivity index (χ2n) is 6.98. The van der Waals surface area contributed by atoms with Gasteiger partial charge in [0, 0.05) is 5.69 Å². The lowest BCUT2D eigenvalue weighted by atomic mass is 10.1. The second-order valence-corrected chi connectivity index (χ2v) is 8.15. The lowest BCUT2D eigenvalue weighted by Crippen LogP contribution is -2.51. The van der Waals surface area contributed by atoms with Crippen LogP contribution < -0.4 is 25.4 Å². The molecule has 3 N–H and O–H groups in total. The minimum atomic E-state index is -0.868. The maximum Gasteiger partial charge on any atom is 0.328 e. The SMILES string of the molecule is COc1cc(C=C2C(=O)NC(=O)NC2=O)cc(I)c1OCC(=O)Nc1cc(C)ccc1C. The number of ether oxygens (including phenoxy) is 2. The molecule has 2 aromatic carbocycles. The predicted molar refractivity (Wildman–Crippen MR) is 125 cm³/mol. The first-order valence-corrected chi connectivity index (χ1v) is 10.5. The van der Waals surface area contributed by atoms with Gasteiger partial charge >= 0.3 is 6.03 Å². The highest BCUT2D eigenvalue weighted by molar-refractivity contribution is 14.1. The molecular formula is C22H20IN3O6. The number of hydrogen-bond acceptors (Lipinski definition) is 6. The summed E-state index contributed by atoms with van der Waals surface area (Å²) >= 11 is 2.00. The number of barbiturate groups is 1. The Morgan fingerprint density at radius 3 is 2.44 bits per heavy atom. The summed E-state index contributed by atoms with van der Waals surface area (Å²) in [6.45, 7) is 3.60. The number of nitrogens with one attached hydrogen (secondary N) is 3. The number of benzene rings is 2. The zero-order chi connectivity index (χ0) is 23.4. The van der Waals surface area contributed by atoms with Gasteiger partial charge in [-0.3, -0.25) is 25.0 Å². The van der Waals surface area contributed by atoms with Gasteiger partial charge in [-0.1, -0.05) is 12.1 Å². The summed E-state index contributed by atoms with van der Waals surface area (Å²) in [5, 5.41) is 6.85. The van der Waals surface area contributed by atoms with Gasteiger partial charge in [0.1, 0.15) is 5.57 Å². The number of imide groups is 2. The summed E-state index contributed by atoms with van der Waals surface area (Å²) < 4.78 is 11.7. The van der Waals surface area contributed by atoms with Crippen LogP contribution >= 0.6 is 22.6 Å². The Kier molecular flexibility index (Phi) is 7.13. The van der Waals surface area contributed by atoms with Crippen molar-refractivity contribution in [2.45, 2.75) is 13.8 Å². The molecule has 0 atom stereocenters. The Morgan fingerprint density at radius 2 is 1.78 bits per heavy atom. The van der Waals surface area contributed by atoms with E-state index < -0.39 is 17.8 Å². The molecule has 5 amide bonds. The van der Waals surface area contributed by atoms with Gasteiger partial charge in [0.25, 0.3) is 17.7 Å². The van der Waals surface area contributed by atoms with Crippen LogP contribution in [0.25, 0.3) is 6.08 Å². The van der Waals surface area contributed by atoms with Gasteiger partial charge in [0.15, 0.2) is 18.1 Å². The third-order valence-corrected chi connectivity index (χ3v) is 5.32. The average Bonchev–Trinajstić information content (AvgIpc) is 2.72. The Hall–Kier alpha value is -3.41. The number of methoxy groups -OCH3 is 1. The summed E-state index contributed by atoms with van der Waals surface area (Å²) in [4.78, 5) is 47.5. The fourth-order valence-electron chi connectivity index (χ4n) is 2.93. The van der Waals surface area contributed by atoms with E-state index >= 15 is 0 Å². The first kappa shape index (κ1) is 23.3. The van der Waals surface area contributed by atoms with E-state index in [0.29, 0.717) is 26.3 Å². The molecule has 1 heterocycles. The summed E-state index contributed by atoms with van der Waals surface area (Å²) in [5.74, 6) is -1.26. The number of carbonyl (C=O) groups is 4. The minimum Gasteiger partial charge on any atom is -0.493 e. The van der Waals surface area contributed by atoms with E-state index in [4.69, 9.17) is 9.47 Å². The van der Waals surface area contributed by atoms with E-state index in [1.807, 2.05) is 65.3 Å². The number of halogens is 1. The highest BCUT2D eigenvalue weighted by Crippen LogP contribution is 2.34. The van der Waals surface area contributed by atoms with Gasteiger partial charge in [0.05, 0.1) is 10.7 Å². The Labute approximate surface area is 197 Å². The van der Waals surface area contributed by atoms with Gasteiger partial charge in [0.2, 0.25) is 0 Å². The molecule has 166 valence electrons. The Bertz CT molecular complexity index is 1140. The van der Waals surface area contributed by atoms with E-state index in [-0.39, 0.29) is 18.1 Å². The van der Waals surface area contributed by atoms with Crippen molar-refractivity contribution in [2.75, 3.05) is 19.0 Å². The fourth-order valence-corrected chi connectivity index (χ4v) is 3.71. The molecule has 3 rings (SSSR count). The summed E-state index contributed by atoms with van der Waals surface area (Å²) in [6.07, 6.45) is 1.33. The maximum atomic E-state index is 12.4. The Morgan fingerprint density at radius 1 is 1.09 bits per heavy atom. The van der Waals surface area contributed by atoms with Crippen LogP contribution in [0.5, 0.6) is 11.5 Å². The molecule has 0 radical (unpaired) electrons. The van der Waals surface area contributed by atoms with Gasteiger partial charge in [-0.15, -0.1) is 0 Å². The highest BCUT2D eigenvalue weighted by atomic mass is 127. The number of aryl methyl sites for hydroxylation is 2. The van der Waals surface area contributed by atoms with Crippen molar-refractivity contribution >= 4 is 58.1 Å². The molecule has 2 aromatic rings. The summed E-state index contributed by atoms with van der Waals surface area (Å²) in [7, 11) is 1.43. The van der Waals surface area contributed by atoms with Crippen molar-refractivity contribution in [1.82, 2.24) is 10.6 Å². The molecule has 1 fully saturated rings. The van der Waals surface area contributed by atoms with Gasteiger partial charge in [-0.2, -0.15) is 0 Å². The van der Waals surface area contributed by atoms with E-state index in [2.05, 4.69) is 5.32 Å². The monoisotopic (exact) mass is 549 g/mol. The fraction of sp³-hybridized carbons (Fsp3) is 0.182. The van der Waals surface area contributed by atoms with Crippen molar-refractivity contribution in [3.05, 3.63) is 56.2 Å². The van der Waals surface area contributed by atoms with Crippen molar-refractivity contribution in [1.29, 1.82) is 0 Å². The van der Waals surface area contributed by atoms with Crippen LogP contribution in [-0.4, -0.2) is 37.5 Å². The standard InChI is InChI=1S/C22H20IN3O6/c1-11-4-5-12(2)16(6-11)24-18(27)10-32-19-15(23)8-13(9-17(19)31-3)7-14-20(28)25-22(30)26-21(14)29/h4-9H,10H2,1-3H3,(H,24,27)(H2,25,26,28,29,30). The zero-order valence-corrected chi connectivity index (χ0v) is 19.7. The molecule has 10 heteroatoms. The van der Waals surface area contributed by atoms with Crippen molar-refractivity contribution in [3.63, 3.8) is 0 Å². The van der Waals surface area contributed by atoms with Crippen molar-refractivity contribution in [2.24, 2.45) is 0 Å². The van der Waals surface area contributed by atoms with Gasteiger partial charge in [-0.25, -0.2) is 4.79 Å². The molecular weight excluding hydrogens is 529 g/mol. The summed E-state index contributed by atoms with van der Waals surface area (Å²) in [6, 6.07) is 8.12. The van der Waals surface area contributed by atoms with Crippen LogP contribution in [0.2, 0.25) is 0 Å². The molecule has 32 heavy (non-hydrogen) atoms.